The molecule has 0 atom stereocenters. The lowest BCUT2D eigenvalue weighted by molar-refractivity contribution is 0.0706. The molecular weight excluding hydrogens is 222 g/mol. The van der Waals surface area contributed by atoms with Gasteiger partial charge in [0.05, 0.1) is 17.4 Å². The predicted molar refractivity (Wildman–Crippen MR) is 60.7 cm³/mol. The molecule has 1 amide bonds. The van der Waals surface area contributed by atoms with Crippen LogP contribution in [-0.2, 0) is 6.54 Å². The van der Waals surface area contributed by atoms with Crippen molar-refractivity contribution in [3.63, 3.8) is 0 Å². The summed E-state index contributed by atoms with van der Waals surface area (Å²) in [5, 5.41) is 17.3. The lowest BCUT2D eigenvalue weighted by atomic mass is 10.2. The second-order valence-corrected chi connectivity index (χ2v) is 3.66. The highest BCUT2D eigenvalue weighted by molar-refractivity contribution is 5.96. The maximum atomic E-state index is 11.2. The van der Waals surface area contributed by atoms with E-state index in [0.29, 0.717) is 24.0 Å². The van der Waals surface area contributed by atoms with Crippen molar-refractivity contribution >= 4 is 16.9 Å². The fourth-order valence-electron chi connectivity index (χ4n) is 1.69. The van der Waals surface area contributed by atoms with E-state index in [1.807, 2.05) is 4.57 Å². The summed E-state index contributed by atoms with van der Waals surface area (Å²) in [5.41, 5.74) is 3.52. The summed E-state index contributed by atoms with van der Waals surface area (Å²) in [5.74, 6) is -0.559. The average molecular weight is 235 g/mol. The minimum absolute atomic E-state index is 0.130. The van der Waals surface area contributed by atoms with Crippen molar-refractivity contribution in [2.75, 3.05) is 6.61 Å². The minimum atomic E-state index is -0.559. The van der Waals surface area contributed by atoms with Crippen molar-refractivity contribution < 1.29 is 15.1 Å². The molecular formula is C11H13N3O3. The number of aryl methyl sites for hydroxylation is 1. The Bertz CT molecular complexity index is 536. The zero-order valence-electron chi connectivity index (χ0n) is 9.13. The first-order chi connectivity index (χ1) is 8.26. The number of aliphatic hydroxyl groups excluding tert-OH is 1. The van der Waals surface area contributed by atoms with Gasteiger partial charge in [-0.3, -0.25) is 10.0 Å². The van der Waals surface area contributed by atoms with Gasteiger partial charge in [-0.2, -0.15) is 0 Å². The fraction of sp³-hybridized carbons (Fsp3) is 0.273. The zero-order valence-corrected chi connectivity index (χ0v) is 9.13. The lowest BCUT2D eigenvalue weighted by Gasteiger charge is -2.03. The number of hydroxylamine groups is 1. The topological polar surface area (TPSA) is 87.4 Å². The maximum Gasteiger partial charge on any atom is 0.274 e. The van der Waals surface area contributed by atoms with Gasteiger partial charge in [-0.15, -0.1) is 0 Å². The quantitative estimate of drug-likeness (QED) is 0.533. The van der Waals surface area contributed by atoms with Crippen LogP contribution in [0.1, 0.15) is 16.8 Å². The van der Waals surface area contributed by atoms with Gasteiger partial charge in [0.15, 0.2) is 0 Å². The highest BCUT2D eigenvalue weighted by Crippen LogP contribution is 2.15. The van der Waals surface area contributed by atoms with Crippen LogP contribution in [0, 0.1) is 0 Å². The monoisotopic (exact) mass is 235 g/mol. The Kier molecular flexibility index (Phi) is 3.36. The highest BCUT2D eigenvalue weighted by Gasteiger charge is 2.08. The molecule has 17 heavy (non-hydrogen) atoms. The van der Waals surface area contributed by atoms with E-state index in [2.05, 4.69) is 4.98 Å². The van der Waals surface area contributed by atoms with Crippen molar-refractivity contribution in [3.8, 4) is 0 Å². The summed E-state index contributed by atoms with van der Waals surface area (Å²) >= 11 is 0. The van der Waals surface area contributed by atoms with Gasteiger partial charge in [-0.05, 0) is 24.6 Å². The lowest BCUT2D eigenvalue weighted by Crippen LogP contribution is -2.18. The molecule has 0 aliphatic heterocycles. The Morgan fingerprint density at radius 3 is 3.00 bits per heavy atom. The van der Waals surface area contributed by atoms with Crippen LogP contribution in [0.15, 0.2) is 24.5 Å². The van der Waals surface area contributed by atoms with Crippen molar-refractivity contribution in [1.29, 1.82) is 0 Å². The number of hydrogen-bond donors (Lipinski definition) is 3. The molecule has 90 valence electrons. The molecule has 6 heteroatoms. The van der Waals surface area contributed by atoms with E-state index < -0.39 is 5.91 Å². The second-order valence-electron chi connectivity index (χ2n) is 3.66. The van der Waals surface area contributed by atoms with Crippen LogP contribution in [0.3, 0.4) is 0 Å². The first-order valence-corrected chi connectivity index (χ1v) is 5.26. The second kappa shape index (κ2) is 4.94. The molecule has 6 nitrogen and oxygen atoms in total. The summed E-state index contributed by atoms with van der Waals surface area (Å²) in [6.45, 7) is 0.809. The first kappa shape index (κ1) is 11.6. The van der Waals surface area contributed by atoms with E-state index in [-0.39, 0.29) is 6.61 Å². The molecule has 2 aromatic rings. The van der Waals surface area contributed by atoms with E-state index in [0.717, 1.165) is 5.52 Å². The summed E-state index contributed by atoms with van der Waals surface area (Å²) in [6, 6.07) is 4.99. The Hall–Kier alpha value is -1.92. The van der Waals surface area contributed by atoms with Crippen LogP contribution >= 0.6 is 0 Å². The number of benzene rings is 1. The number of carbonyl (C=O) groups excluding carboxylic acids is 1. The average Bonchev–Trinajstić information content (AvgIpc) is 2.77. The number of imidazole rings is 1. The third-order valence-corrected chi connectivity index (χ3v) is 2.54. The number of rotatable bonds is 4. The third kappa shape index (κ3) is 2.27. The molecule has 3 N–H and O–H groups in total. The number of aliphatic hydroxyl groups is 1. The number of amides is 1. The molecule has 1 aromatic heterocycles. The molecule has 0 aliphatic rings. The molecule has 0 spiro atoms. The fourth-order valence-corrected chi connectivity index (χ4v) is 1.69. The molecule has 0 radical (unpaired) electrons. The largest absolute Gasteiger partial charge is 0.396 e. The van der Waals surface area contributed by atoms with Crippen molar-refractivity contribution in [2.45, 2.75) is 13.0 Å². The van der Waals surface area contributed by atoms with E-state index in [4.69, 9.17) is 10.3 Å². The normalized spacial score (nSPS) is 10.7. The van der Waals surface area contributed by atoms with Crippen LogP contribution in [-0.4, -0.2) is 32.4 Å². The van der Waals surface area contributed by atoms with Crippen LogP contribution in [0.5, 0.6) is 0 Å². The van der Waals surface area contributed by atoms with E-state index in [9.17, 15) is 4.79 Å². The Morgan fingerprint density at radius 2 is 2.29 bits per heavy atom. The molecule has 2 rings (SSSR count). The van der Waals surface area contributed by atoms with Gasteiger partial charge in [0.2, 0.25) is 0 Å². The molecule has 0 aliphatic carbocycles. The molecule has 0 fully saturated rings. The Morgan fingerprint density at radius 1 is 1.47 bits per heavy atom. The summed E-state index contributed by atoms with van der Waals surface area (Å²) in [6.07, 6.45) is 2.32. The molecule has 1 heterocycles. The number of nitrogens with zero attached hydrogens (tertiary/aromatic N) is 2. The minimum Gasteiger partial charge on any atom is -0.396 e. The number of hydrogen-bond acceptors (Lipinski definition) is 4. The summed E-state index contributed by atoms with van der Waals surface area (Å²) in [7, 11) is 0. The smallest absolute Gasteiger partial charge is 0.274 e. The van der Waals surface area contributed by atoms with Gasteiger partial charge in [-0.1, -0.05) is 0 Å². The van der Waals surface area contributed by atoms with Gasteiger partial charge in [0.1, 0.15) is 0 Å². The number of carbonyl (C=O) groups is 1. The van der Waals surface area contributed by atoms with E-state index >= 15 is 0 Å². The van der Waals surface area contributed by atoms with Gasteiger partial charge < -0.3 is 9.67 Å². The maximum absolute atomic E-state index is 11.2. The van der Waals surface area contributed by atoms with E-state index in [1.54, 1.807) is 30.0 Å². The summed E-state index contributed by atoms with van der Waals surface area (Å²) < 4.78 is 1.91. The van der Waals surface area contributed by atoms with Crippen LogP contribution in [0.4, 0.5) is 0 Å². The van der Waals surface area contributed by atoms with Crippen LogP contribution in [0.25, 0.3) is 11.0 Å². The number of fused-ring (bicyclic) bond motifs is 1. The van der Waals surface area contributed by atoms with Crippen molar-refractivity contribution in [1.82, 2.24) is 15.0 Å². The molecule has 0 bridgehead atoms. The number of nitrogens with one attached hydrogen (secondary N) is 1. The van der Waals surface area contributed by atoms with Gasteiger partial charge >= 0.3 is 0 Å². The van der Waals surface area contributed by atoms with Gasteiger partial charge in [-0.25, -0.2) is 10.5 Å². The molecule has 0 saturated carbocycles. The summed E-state index contributed by atoms with van der Waals surface area (Å²) in [4.78, 5) is 15.4. The van der Waals surface area contributed by atoms with Crippen LogP contribution < -0.4 is 5.48 Å². The Balaban J connectivity index is 2.34. The molecule has 1 aromatic carbocycles. The highest BCUT2D eigenvalue weighted by atomic mass is 16.5. The van der Waals surface area contributed by atoms with Gasteiger partial charge in [0.25, 0.3) is 5.91 Å². The first-order valence-electron chi connectivity index (χ1n) is 5.26. The third-order valence-electron chi connectivity index (χ3n) is 2.54. The Labute approximate surface area is 97.5 Å². The van der Waals surface area contributed by atoms with Crippen molar-refractivity contribution in [3.05, 3.63) is 30.1 Å². The predicted octanol–water partition coefficient (Wildman–Crippen LogP) is 0.538. The molecule has 0 unspecified atom stereocenters. The van der Waals surface area contributed by atoms with Crippen LogP contribution in [0.2, 0.25) is 0 Å². The van der Waals surface area contributed by atoms with Crippen molar-refractivity contribution in [2.24, 2.45) is 0 Å². The molecule has 0 saturated heterocycles. The standard InChI is InChI=1S/C11H13N3O3/c15-5-1-4-14-7-12-9-6-8(11(16)13-17)2-3-10(9)14/h2-3,6-7,15,17H,1,4-5H2,(H,13,16). The number of aromatic nitrogens is 2. The van der Waals surface area contributed by atoms with E-state index in [1.165, 1.54) is 0 Å². The zero-order chi connectivity index (χ0) is 12.3. The van der Waals surface area contributed by atoms with Gasteiger partial charge in [0, 0.05) is 18.7 Å². The SMILES string of the molecule is O=C(NO)c1ccc2c(c1)ncn2CCCO.